The number of amidine groups is 1. The molecule has 4 heteroatoms. The molecule has 3 rings (SSSR count). The van der Waals surface area contributed by atoms with Gasteiger partial charge in [0.1, 0.15) is 0 Å². The third-order valence-corrected chi connectivity index (χ3v) is 6.61. The van der Waals surface area contributed by atoms with Crippen LogP contribution in [0.25, 0.3) is 0 Å². The van der Waals surface area contributed by atoms with Gasteiger partial charge in [-0.15, -0.1) is 0 Å². The van der Waals surface area contributed by atoms with Gasteiger partial charge in [-0.1, -0.05) is 24.6 Å². The van der Waals surface area contributed by atoms with Gasteiger partial charge in [0.2, 0.25) is 0 Å². The highest BCUT2D eigenvalue weighted by Gasteiger charge is 2.30. The summed E-state index contributed by atoms with van der Waals surface area (Å²) in [5.41, 5.74) is 0. The van der Waals surface area contributed by atoms with Crippen LogP contribution in [0.4, 0.5) is 0 Å². The molecule has 17 heavy (non-hydrogen) atoms. The Balaban J connectivity index is 1.52. The molecule has 1 N–H and O–H groups in total. The third kappa shape index (κ3) is 3.14. The smallest absolute Gasteiger partial charge is 0.156 e. The summed E-state index contributed by atoms with van der Waals surface area (Å²) in [7, 11) is 0. The second kappa shape index (κ2) is 5.87. The van der Waals surface area contributed by atoms with Gasteiger partial charge in [0.25, 0.3) is 0 Å². The van der Waals surface area contributed by atoms with E-state index in [9.17, 15) is 0 Å². The number of thioether (sulfide) groups is 2. The van der Waals surface area contributed by atoms with Crippen molar-refractivity contribution in [3.63, 3.8) is 0 Å². The fourth-order valence-corrected chi connectivity index (χ4v) is 5.40. The molecule has 96 valence electrons. The van der Waals surface area contributed by atoms with Crippen molar-refractivity contribution in [3.05, 3.63) is 0 Å². The van der Waals surface area contributed by atoms with E-state index in [1.807, 2.05) is 11.8 Å². The quantitative estimate of drug-likeness (QED) is 0.834. The van der Waals surface area contributed by atoms with E-state index in [1.54, 1.807) is 0 Å². The Morgan fingerprint density at radius 1 is 1.18 bits per heavy atom. The summed E-state index contributed by atoms with van der Waals surface area (Å²) in [4.78, 5) is 4.80. The minimum Gasteiger partial charge on any atom is -0.362 e. The zero-order valence-corrected chi connectivity index (χ0v) is 12.0. The van der Waals surface area contributed by atoms with Gasteiger partial charge in [0.05, 0.1) is 6.54 Å². The van der Waals surface area contributed by atoms with Crippen LogP contribution in [-0.2, 0) is 0 Å². The molecule has 3 atom stereocenters. The van der Waals surface area contributed by atoms with Crippen molar-refractivity contribution in [1.82, 2.24) is 5.32 Å². The molecule has 0 radical (unpaired) electrons. The minimum atomic E-state index is 0.736. The number of fused-ring (bicyclic) bond motifs is 1. The topological polar surface area (TPSA) is 24.4 Å². The molecule has 0 spiro atoms. The first kappa shape index (κ1) is 12.2. The summed E-state index contributed by atoms with van der Waals surface area (Å²) in [6.07, 6.45) is 8.40. The number of rotatable bonds is 2. The van der Waals surface area contributed by atoms with Crippen molar-refractivity contribution in [1.29, 1.82) is 0 Å². The predicted octanol–water partition coefficient (Wildman–Crippen LogP) is 3.13. The molecule has 0 amide bonds. The molecule has 0 aromatic heterocycles. The van der Waals surface area contributed by atoms with Crippen LogP contribution in [0, 0.1) is 5.92 Å². The Bertz CT molecular complexity index is 287. The van der Waals surface area contributed by atoms with Crippen LogP contribution >= 0.6 is 23.5 Å². The van der Waals surface area contributed by atoms with Gasteiger partial charge in [0.15, 0.2) is 5.17 Å². The molecule has 0 bridgehead atoms. The average Bonchev–Trinajstić information content (AvgIpc) is 2.89. The monoisotopic (exact) mass is 270 g/mol. The summed E-state index contributed by atoms with van der Waals surface area (Å²) < 4.78 is 0. The first-order valence-corrected chi connectivity index (χ1v) is 9.00. The molecule has 1 saturated carbocycles. The van der Waals surface area contributed by atoms with E-state index >= 15 is 0 Å². The largest absolute Gasteiger partial charge is 0.362 e. The Morgan fingerprint density at radius 3 is 3.00 bits per heavy atom. The second-order valence-electron chi connectivity index (χ2n) is 5.39. The molecule has 3 aliphatic rings. The predicted molar refractivity (Wildman–Crippen MR) is 79.1 cm³/mol. The van der Waals surface area contributed by atoms with Gasteiger partial charge in [0, 0.05) is 17.0 Å². The summed E-state index contributed by atoms with van der Waals surface area (Å²) in [6.45, 7) is 1.04. The lowest BCUT2D eigenvalue weighted by Crippen LogP contribution is -2.46. The molecule has 1 aliphatic carbocycles. The molecular weight excluding hydrogens is 248 g/mol. The van der Waals surface area contributed by atoms with Crippen LogP contribution in [0.1, 0.15) is 38.5 Å². The summed E-state index contributed by atoms with van der Waals surface area (Å²) in [5.74, 6) is 3.56. The molecule has 3 unspecified atom stereocenters. The van der Waals surface area contributed by atoms with Crippen molar-refractivity contribution in [3.8, 4) is 0 Å². The van der Waals surface area contributed by atoms with Gasteiger partial charge in [-0.05, 0) is 37.4 Å². The fourth-order valence-electron chi connectivity index (χ4n) is 3.05. The minimum absolute atomic E-state index is 0.736. The number of nitrogens with one attached hydrogen (secondary N) is 1. The van der Waals surface area contributed by atoms with E-state index in [-0.39, 0.29) is 0 Å². The van der Waals surface area contributed by atoms with Crippen LogP contribution in [0.5, 0.6) is 0 Å². The van der Waals surface area contributed by atoms with E-state index in [1.165, 1.54) is 55.2 Å². The first-order valence-electron chi connectivity index (χ1n) is 6.97. The van der Waals surface area contributed by atoms with Gasteiger partial charge in [-0.25, -0.2) is 0 Å². The number of nitrogens with zero attached hydrogens (tertiary/aromatic N) is 1. The average molecular weight is 270 g/mol. The maximum atomic E-state index is 4.80. The highest BCUT2D eigenvalue weighted by molar-refractivity contribution is 8.13. The van der Waals surface area contributed by atoms with E-state index in [0.717, 1.165) is 23.8 Å². The Kier molecular flexibility index (Phi) is 4.22. The summed E-state index contributed by atoms with van der Waals surface area (Å²) in [5, 5.41) is 5.72. The standard InChI is InChI=1S/C13H22N2S2/c1-2-6-12-10(4-1)9-17-13(15-12)14-8-11-5-3-7-16-11/h10-12H,1-9H2,(H,14,15). The van der Waals surface area contributed by atoms with Gasteiger partial charge < -0.3 is 5.32 Å². The van der Waals surface area contributed by atoms with Gasteiger partial charge in [-0.2, -0.15) is 11.8 Å². The lowest BCUT2D eigenvalue weighted by atomic mass is 9.86. The molecule has 2 saturated heterocycles. The summed E-state index contributed by atoms with van der Waals surface area (Å²) in [6, 6.07) is 0.736. The Labute approximate surface area is 113 Å². The van der Waals surface area contributed by atoms with Crippen LogP contribution < -0.4 is 5.32 Å². The van der Waals surface area contributed by atoms with Crippen molar-refractivity contribution in [2.24, 2.45) is 10.9 Å². The third-order valence-electron chi connectivity index (χ3n) is 4.11. The number of hydrogen-bond donors (Lipinski definition) is 1. The van der Waals surface area contributed by atoms with Crippen molar-refractivity contribution >= 4 is 28.7 Å². The molecular formula is C13H22N2S2. The number of hydrogen-bond acceptors (Lipinski definition) is 3. The Hall–Kier alpha value is 0.170. The van der Waals surface area contributed by atoms with E-state index in [4.69, 9.17) is 4.99 Å². The van der Waals surface area contributed by atoms with Crippen LogP contribution in [0.3, 0.4) is 0 Å². The lowest BCUT2D eigenvalue weighted by Gasteiger charge is -2.36. The molecule has 2 nitrogen and oxygen atoms in total. The van der Waals surface area contributed by atoms with E-state index in [0.29, 0.717) is 0 Å². The SMILES string of the molecule is C1CSC(CN=C2NC3CCCCC3CS2)C1. The maximum Gasteiger partial charge on any atom is 0.156 e. The van der Waals surface area contributed by atoms with Gasteiger partial charge >= 0.3 is 0 Å². The van der Waals surface area contributed by atoms with Crippen LogP contribution in [0.2, 0.25) is 0 Å². The number of aliphatic imine (C=N–C) groups is 1. The summed E-state index contributed by atoms with van der Waals surface area (Å²) >= 11 is 4.07. The van der Waals surface area contributed by atoms with E-state index < -0.39 is 0 Å². The maximum absolute atomic E-state index is 4.80. The second-order valence-corrected chi connectivity index (χ2v) is 7.80. The lowest BCUT2D eigenvalue weighted by molar-refractivity contribution is 0.311. The highest BCUT2D eigenvalue weighted by Crippen LogP contribution is 2.32. The van der Waals surface area contributed by atoms with Crippen molar-refractivity contribution in [2.75, 3.05) is 18.1 Å². The molecule has 3 fully saturated rings. The van der Waals surface area contributed by atoms with Crippen molar-refractivity contribution < 1.29 is 0 Å². The Morgan fingerprint density at radius 2 is 2.12 bits per heavy atom. The van der Waals surface area contributed by atoms with Crippen LogP contribution in [-0.4, -0.2) is 34.5 Å². The van der Waals surface area contributed by atoms with Crippen LogP contribution in [0.15, 0.2) is 4.99 Å². The first-order chi connectivity index (χ1) is 8.42. The highest BCUT2D eigenvalue weighted by atomic mass is 32.2. The van der Waals surface area contributed by atoms with E-state index in [2.05, 4.69) is 17.1 Å². The zero-order valence-electron chi connectivity index (χ0n) is 10.4. The zero-order chi connectivity index (χ0) is 11.5. The van der Waals surface area contributed by atoms with Gasteiger partial charge in [-0.3, -0.25) is 4.99 Å². The molecule has 0 aromatic carbocycles. The fraction of sp³-hybridized carbons (Fsp3) is 0.923. The molecule has 2 aliphatic heterocycles. The van der Waals surface area contributed by atoms with Crippen molar-refractivity contribution in [2.45, 2.75) is 49.8 Å². The normalized spacial score (nSPS) is 40.0. The molecule has 2 heterocycles. The molecule has 0 aromatic rings.